The fraction of sp³-hybridized carbons (Fsp3) is 0. The Hall–Kier alpha value is -0.700. The van der Waals surface area contributed by atoms with Gasteiger partial charge in [-0.25, -0.2) is 0 Å². The van der Waals surface area contributed by atoms with E-state index in [4.69, 9.17) is 14.4 Å². The predicted octanol–water partition coefficient (Wildman–Crippen LogP) is 0.918. The minimum absolute atomic E-state index is 1.31. The maximum atomic E-state index is 8.70. The van der Waals surface area contributed by atoms with Gasteiger partial charge in [0, 0.05) is 4.57 Å². The Morgan fingerprint density at radius 1 is 1.33 bits per heavy atom. The van der Waals surface area contributed by atoms with Crippen LogP contribution >= 0.6 is 8.25 Å². The third-order valence-corrected chi connectivity index (χ3v) is 0.192. The van der Waals surface area contributed by atoms with E-state index in [1.54, 1.807) is 0 Å². The summed E-state index contributed by atoms with van der Waals surface area (Å²) in [6.45, 7) is 6.51. The molecule has 52 valence electrons. The first-order chi connectivity index (χ1) is 4.15. The van der Waals surface area contributed by atoms with Gasteiger partial charge in [0.05, 0.1) is 12.5 Å². The third kappa shape index (κ3) is 121. The summed E-state index contributed by atoms with van der Waals surface area (Å²) in [7, 11) is -2.87. The summed E-state index contributed by atoms with van der Waals surface area (Å²) in [4.78, 5) is 14.2. The van der Waals surface area contributed by atoms with Crippen molar-refractivity contribution in [2.45, 2.75) is 0 Å². The van der Waals surface area contributed by atoms with E-state index in [-0.39, 0.29) is 0 Å². The molecule has 0 spiro atoms. The molecule has 0 fully saturated rings. The van der Waals surface area contributed by atoms with Crippen molar-refractivity contribution in [3.8, 4) is 0 Å². The minimum Gasteiger partial charge on any atom is -0.474 e. The van der Waals surface area contributed by atoms with Crippen LogP contribution in [-0.2, 0) is 9.30 Å². The first-order valence-electron chi connectivity index (χ1n) is 1.87. The molecule has 0 atom stereocenters. The fourth-order valence-electron chi connectivity index (χ4n) is 0.0680. The molecular weight excluding hydrogens is 143 g/mol. The maximum Gasteiger partial charge on any atom is 0.692 e. The standard InChI is InChI=1S/C4H6O.HO3P/c1-3-5-4-2;1-4(2)3/h3-4H,1-2H2;(H-,1,2,3)/p+1. The van der Waals surface area contributed by atoms with Gasteiger partial charge < -0.3 is 4.74 Å². The average molecular weight is 151 g/mol. The lowest BCUT2D eigenvalue weighted by molar-refractivity contribution is 0.405. The molecule has 0 aromatic heterocycles. The highest BCUT2D eigenvalue weighted by molar-refractivity contribution is 7.30. The van der Waals surface area contributed by atoms with Crippen molar-refractivity contribution >= 4 is 8.25 Å². The fourth-order valence-corrected chi connectivity index (χ4v) is 0.0680. The first-order valence-corrected chi connectivity index (χ1v) is 3.04. The molecule has 2 N–H and O–H groups in total. The Morgan fingerprint density at radius 3 is 1.56 bits per heavy atom. The van der Waals surface area contributed by atoms with Gasteiger partial charge in [-0.1, -0.05) is 13.2 Å². The van der Waals surface area contributed by atoms with E-state index in [1.807, 2.05) is 0 Å². The summed E-state index contributed by atoms with van der Waals surface area (Å²) in [5.41, 5.74) is 0. The van der Waals surface area contributed by atoms with E-state index in [0.29, 0.717) is 0 Å². The molecule has 0 aliphatic heterocycles. The van der Waals surface area contributed by atoms with Gasteiger partial charge in [-0.15, -0.1) is 9.79 Å². The summed E-state index contributed by atoms with van der Waals surface area (Å²) in [5, 5.41) is 0. The molecule has 9 heavy (non-hydrogen) atoms. The molecule has 0 aromatic rings. The highest BCUT2D eigenvalue weighted by Crippen LogP contribution is 1.98. The van der Waals surface area contributed by atoms with E-state index in [2.05, 4.69) is 17.9 Å². The number of hydrogen-bond donors (Lipinski definition) is 2. The van der Waals surface area contributed by atoms with Crippen LogP contribution in [0.1, 0.15) is 0 Å². The highest BCUT2D eigenvalue weighted by Gasteiger charge is 1.93. The maximum absolute atomic E-state index is 8.70. The summed E-state index contributed by atoms with van der Waals surface area (Å²) in [5.74, 6) is 0. The quantitative estimate of drug-likeness (QED) is 0.454. The van der Waals surface area contributed by atoms with Crippen LogP contribution in [0.4, 0.5) is 0 Å². The lowest BCUT2D eigenvalue weighted by Gasteiger charge is -1.76. The van der Waals surface area contributed by atoms with Crippen LogP contribution in [0, 0.1) is 0 Å². The van der Waals surface area contributed by atoms with Gasteiger partial charge in [0.15, 0.2) is 0 Å². The molecule has 4 nitrogen and oxygen atoms in total. The second-order valence-corrected chi connectivity index (χ2v) is 1.23. The van der Waals surface area contributed by atoms with E-state index in [0.717, 1.165) is 0 Å². The van der Waals surface area contributed by atoms with Crippen LogP contribution in [0.15, 0.2) is 25.7 Å². The molecule has 0 radical (unpaired) electrons. The Morgan fingerprint density at radius 2 is 1.56 bits per heavy atom. The van der Waals surface area contributed by atoms with E-state index >= 15 is 0 Å². The second kappa shape index (κ2) is 10.3. The van der Waals surface area contributed by atoms with E-state index in [9.17, 15) is 0 Å². The smallest absolute Gasteiger partial charge is 0.474 e. The topological polar surface area (TPSA) is 66.8 Å². The summed E-state index contributed by atoms with van der Waals surface area (Å²) in [6.07, 6.45) is 2.62. The highest BCUT2D eigenvalue weighted by atomic mass is 31.1. The predicted molar refractivity (Wildman–Crippen MR) is 33.5 cm³/mol. The van der Waals surface area contributed by atoms with Crippen LogP contribution in [0.25, 0.3) is 0 Å². The summed E-state index contributed by atoms with van der Waals surface area (Å²) < 4.78 is 13.1. The second-order valence-electron chi connectivity index (χ2n) is 0.722. The number of rotatable bonds is 2. The van der Waals surface area contributed by atoms with Crippen LogP contribution in [0.2, 0.25) is 0 Å². The van der Waals surface area contributed by atoms with Gasteiger partial charge >= 0.3 is 8.25 Å². The third-order valence-electron chi connectivity index (χ3n) is 0.192. The normalized spacial score (nSPS) is 6.00. The molecule has 0 saturated carbocycles. The average Bonchev–Trinajstić information content (AvgIpc) is 1.66. The van der Waals surface area contributed by atoms with Crippen molar-refractivity contribution in [3.05, 3.63) is 25.7 Å². The lowest BCUT2D eigenvalue weighted by atomic mass is 11.1. The molecule has 0 unspecified atom stereocenters. The van der Waals surface area contributed by atoms with Gasteiger partial charge in [0.1, 0.15) is 0 Å². The number of ether oxygens (including phenoxy) is 1. The summed E-state index contributed by atoms with van der Waals surface area (Å²) in [6, 6.07) is 0. The molecule has 0 aromatic carbocycles. The van der Waals surface area contributed by atoms with Crippen molar-refractivity contribution in [2.24, 2.45) is 0 Å². The monoisotopic (exact) mass is 151 g/mol. The molecule has 0 rings (SSSR count). The van der Waals surface area contributed by atoms with Crippen molar-refractivity contribution in [3.63, 3.8) is 0 Å². The van der Waals surface area contributed by atoms with Gasteiger partial charge in [0.25, 0.3) is 0 Å². The van der Waals surface area contributed by atoms with Gasteiger partial charge in [-0.3, -0.25) is 0 Å². The first kappa shape index (κ1) is 11.1. The van der Waals surface area contributed by atoms with E-state index < -0.39 is 8.25 Å². The Kier molecular flexibility index (Phi) is 12.8. The Balaban J connectivity index is 0. The van der Waals surface area contributed by atoms with Crippen LogP contribution in [0.5, 0.6) is 0 Å². The van der Waals surface area contributed by atoms with Gasteiger partial charge in [0.2, 0.25) is 0 Å². The lowest BCUT2D eigenvalue weighted by Crippen LogP contribution is -1.52. The molecule has 0 saturated heterocycles. The molecular formula is C4H8O4P+. The van der Waals surface area contributed by atoms with Crippen molar-refractivity contribution in [1.29, 1.82) is 0 Å². The van der Waals surface area contributed by atoms with Gasteiger partial charge in [-0.05, 0) is 0 Å². The molecule has 0 aliphatic rings. The largest absolute Gasteiger partial charge is 0.692 e. The summed E-state index contributed by atoms with van der Waals surface area (Å²) >= 11 is 0. The Bertz CT molecular complexity index is 90.7. The molecule has 0 amide bonds. The molecule has 0 heterocycles. The Labute approximate surface area is 54.0 Å². The zero-order valence-electron chi connectivity index (χ0n) is 4.73. The number of hydrogen-bond acceptors (Lipinski definition) is 2. The van der Waals surface area contributed by atoms with Crippen LogP contribution < -0.4 is 0 Å². The zero-order valence-corrected chi connectivity index (χ0v) is 5.62. The van der Waals surface area contributed by atoms with Crippen molar-refractivity contribution in [1.82, 2.24) is 0 Å². The molecule has 0 bridgehead atoms. The van der Waals surface area contributed by atoms with Gasteiger partial charge in [-0.2, -0.15) is 0 Å². The van der Waals surface area contributed by atoms with Crippen molar-refractivity contribution < 1.29 is 19.1 Å². The van der Waals surface area contributed by atoms with Crippen LogP contribution in [-0.4, -0.2) is 9.79 Å². The van der Waals surface area contributed by atoms with Crippen molar-refractivity contribution in [2.75, 3.05) is 0 Å². The SMILES string of the molecule is C=COC=C.O=[P+](O)O. The van der Waals surface area contributed by atoms with Crippen LogP contribution in [0.3, 0.4) is 0 Å². The zero-order chi connectivity index (χ0) is 7.70. The molecule has 5 heteroatoms. The van der Waals surface area contributed by atoms with E-state index in [1.165, 1.54) is 12.5 Å². The molecule has 0 aliphatic carbocycles. The minimum atomic E-state index is -2.87.